The number of thioether (sulfide) groups is 1. The van der Waals surface area contributed by atoms with Crippen molar-refractivity contribution in [3.05, 3.63) is 0 Å². The first kappa shape index (κ1) is 13.6. The Kier molecular flexibility index (Phi) is 4.66. The first-order valence-electron chi connectivity index (χ1n) is 6.48. The molecule has 2 fully saturated rings. The monoisotopic (exact) mass is 264 g/mol. The number of nitrogens with zero attached hydrogens (tertiary/aromatic N) is 1. The van der Waals surface area contributed by atoms with E-state index >= 15 is 0 Å². The van der Waals surface area contributed by atoms with Gasteiger partial charge in [0.1, 0.15) is 0 Å². The lowest BCUT2D eigenvalue weighted by atomic mass is 9.78. The van der Waals surface area contributed by atoms with E-state index in [1.807, 2.05) is 11.8 Å². The molecule has 0 spiro atoms. The van der Waals surface area contributed by atoms with Crippen LogP contribution in [0.2, 0.25) is 0 Å². The number of piperidine rings is 1. The maximum atomic E-state index is 13.0. The summed E-state index contributed by atoms with van der Waals surface area (Å²) in [5.41, 5.74) is 4.66. The second-order valence-electron chi connectivity index (χ2n) is 5.25. The molecular weight excluding hydrogens is 242 g/mol. The molecule has 0 aliphatic carbocycles. The molecule has 0 atom stereocenters. The zero-order chi connectivity index (χ0) is 12.3. The van der Waals surface area contributed by atoms with Gasteiger partial charge in [-0.25, -0.2) is 8.78 Å². The van der Waals surface area contributed by atoms with Crippen molar-refractivity contribution in [2.45, 2.75) is 38.2 Å². The molecule has 0 radical (unpaired) electrons. The SMILES string of the molecule is NCC1(C(F)F)CCN(C2CCSCC2)CC1. The van der Waals surface area contributed by atoms with Crippen LogP contribution in [-0.4, -0.2) is 48.5 Å². The highest BCUT2D eigenvalue weighted by Crippen LogP contribution is 2.38. The first-order chi connectivity index (χ1) is 8.18. The zero-order valence-electron chi connectivity index (χ0n) is 10.2. The largest absolute Gasteiger partial charge is 0.330 e. The summed E-state index contributed by atoms with van der Waals surface area (Å²) in [6.07, 6.45) is 1.29. The molecule has 0 amide bonds. The summed E-state index contributed by atoms with van der Waals surface area (Å²) in [4.78, 5) is 2.41. The van der Waals surface area contributed by atoms with Crippen molar-refractivity contribution < 1.29 is 8.78 Å². The average Bonchev–Trinajstić information content (AvgIpc) is 2.39. The van der Waals surface area contributed by atoms with E-state index < -0.39 is 11.8 Å². The van der Waals surface area contributed by atoms with Gasteiger partial charge in [0.15, 0.2) is 0 Å². The van der Waals surface area contributed by atoms with Crippen molar-refractivity contribution >= 4 is 11.8 Å². The molecule has 2 N–H and O–H groups in total. The summed E-state index contributed by atoms with van der Waals surface area (Å²) >= 11 is 2.01. The van der Waals surface area contributed by atoms with Gasteiger partial charge in [-0.3, -0.25) is 0 Å². The van der Waals surface area contributed by atoms with Crippen molar-refractivity contribution in [2.24, 2.45) is 11.1 Å². The van der Waals surface area contributed by atoms with Crippen molar-refractivity contribution in [3.8, 4) is 0 Å². The molecule has 2 heterocycles. The number of hydrogen-bond donors (Lipinski definition) is 1. The Morgan fingerprint density at radius 1 is 1.24 bits per heavy atom. The van der Waals surface area contributed by atoms with Crippen LogP contribution in [0.15, 0.2) is 0 Å². The van der Waals surface area contributed by atoms with Crippen molar-refractivity contribution in [2.75, 3.05) is 31.1 Å². The molecule has 2 rings (SSSR count). The Labute approximate surface area is 106 Å². The second-order valence-corrected chi connectivity index (χ2v) is 6.47. The fourth-order valence-corrected chi connectivity index (χ4v) is 3.98. The van der Waals surface area contributed by atoms with E-state index in [0.717, 1.165) is 13.1 Å². The highest BCUT2D eigenvalue weighted by atomic mass is 32.2. The topological polar surface area (TPSA) is 29.3 Å². The van der Waals surface area contributed by atoms with E-state index in [-0.39, 0.29) is 6.54 Å². The molecule has 2 aliphatic rings. The normalized spacial score (nSPS) is 27.5. The van der Waals surface area contributed by atoms with Crippen molar-refractivity contribution in [1.82, 2.24) is 4.90 Å². The molecule has 0 bridgehead atoms. The van der Waals surface area contributed by atoms with Gasteiger partial charge in [-0.15, -0.1) is 0 Å². The van der Waals surface area contributed by atoms with E-state index in [0.29, 0.717) is 18.9 Å². The standard InChI is InChI=1S/C12H22F2N2S/c13-11(14)12(9-15)3-5-16(6-4-12)10-1-7-17-8-2-10/h10-11H,1-9,15H2. The van der Waals surface area contributed by atoms with Gasteiger partial charge in [-0.2, -0.15) is 11.8 Å². The fraction of sp³-hybridized carbons (Fsp3) is 1.00. The third-order valence-corrected chi connectivity index (χ3v) is 5.42. The summed E-state index contributed by atoms with van der Waals surface area (Å²) in [5.74, 6) is 2.44. The lowest BCUT2D eigenvalue weighted by molar-refractivity contribution is -0.0490. The predicted octanol–water partition coefficient (Wildman–Crippen LogP) is 2.19. The average molecular weight is 264 g/mol. The lowest BCUT2D eigenvalue weighted by Crippen LogP contribution is -2.51. The van der Waals surface area contributed by atoms with E-state index in [2.05, 4.69) is 4.90 Å². The fourth-order valence-electron chi connectivity index (χ4n) is 2.90. The van der Waals surface area contributed by atoms with Gasteiger partial charge in [0.25, 0.3) is 0 Å². The Morgan fingerprint density at radius 2 is 1.82 bits per heavy atom. The van der Waals surface area contributed by atoms with Crippen LogP contribution in [0.5, 0.6) is 0 Å². The molecule has 17 heavy (non-hydrogen) atoms. The van der Waals surface area contributed by atoms with Gasteiger partial charge < -0.3 is 10.6 Å². The molecule has 0 aromatic heterocycles. The Hall–Kier alpha value is 0.130. The Bertz CT molecular complexity index is 237. The Balaban J connectivity index is 1.88. The van der Waals surface area contributed by atoms with E-state index in [1.54, 1.807) is 0 Å². The Morgan fingerprint density at radius 3 is 2.29 bits per heavy atom. The number of alkyl halides is 2. The second kappa shape index (κ2) is 5.85. The summed E-state index contributed by atoms with van der Waals surface area (Å²) in [6, 6.07) is 0.629. The van der Waals surface area contributed by atoms with Crippen LogP contribution < -0.4 is 5.73 Å². The maximum absolute atomic E-state index is 13.0. The minimum absolute atomic E-state index is 0.124. The van der Waals surface area contributed by atoms with Crippen LogP contribution in [0.25, 0.3) is 0 Å². The van der Waals surface area contributed by atoms with Gasteiger partial charge in [-0.1, -0.05) is 0 Å². The number of rotatable bonds is 3. The van der Waals surface area contributed by atoms with Gasteiger partial charge in [0.2, 0.25) is 6.43 Å². The van der Waals surface area contributed by atoms with Crippen LogP contribution in [0.3, 0.4) is 0 Å². The zero-order valence-corrected chi connectivity index (χ0v) is 11.0. The number of likely N-dealkylation sites (tertiary alicyclic amines) is 1. The highest BCUT2D eigenvalue weighted by Gasteiger charge is 2.42. The lowest BCUT2D eigenvalue weighted by Gasteiger charge is -2.44. The van der Waals surface area contributed by atoms with Crippen LogP contribution in [0.4, 0.5) is 8.78 Å². The summed E-state index contributed by atoms with van der Waals surface area (Å²) in [6.45, 7) is 1.73. The first-order valence-corrected chi connectivity index (χ1v) is 7.63. The van der Waals surface area contributed by atoms with Crippen LogP contribution >= 0.6 is 11.8 Å². The maximum Gasteiger partial charge on any atom is 0.245 e. The van der Waals surface area contributed by atoms with Crippen LogP contribution in [0.1, 0.15) is 25.7 Å². The number of hydrogen-bond acceptors (Lipinski definition) is 3. The molecule has 0 aromatic rings. The molecule has 0 saturated carbocycles. The summed E-state index contributed by atoms with van der Waals surface area (Å²) in [5, 5.41) is 0. The molecule has 100 valence electrons. The van der Waals surface area contributed by atoms with Crippen molar-refractivity contribution in [1.29, 1.82) is 0 Å². The molecule has 0 aromatic carbocycles. The minimum Gasteiger partial charge on any atom is -0.330 e. The van der Waals surface area contributed by atoms with Crippen molar-refractivity contribution in [3.63, 3.8) is 0 Å². The minimum atomic E-state index is -2.27. The molecule has 0 unspecified atom stereocenters. The van der Waals surface area contributed by atoms with Gasteiger partial charge in [0, 0.05) is 18.0 Å². The number of nitrogens with two attached hydrogens (primary N) is 1. The van der Waals surface area contributed by atoms with Gasteiger partial charge in [-0.05, 0) is 50.3 Å². The molecule has 2 saturated heterocycles. The number of halogens is 2. The van der Waals surface area contributed by atoms with E-state index in [4.69, 9.17) is 5.73 Å². The summed E-state index contributed by atoms with van der Waals surface area (Å²) < 4.78 is 26.1. The third kappa shape index (κ3) is 2.93. The smallest absolute Gasteiger partial charge is 0.245 e. The van der Waals surface area contributed by atoms with Gasteiger partial charge >= 0.3 is 0 Å². The molecule has 5 heteroatoms. The summed E-state index contributed by atoms with van der Waals surface area (Å²) in [7, 11) is 0. The van der Waals surface area contributed by atoms with E-state index in [1.165, 1.54) is 24.3 Å². The van der Waals surface area contributed by atoms with Gasteiger partial charge in [0.05, 0.1) is 0 Å². The molecule has 2 aliphatic heterocycles. The van der Waals surface area contributed by atoms with E-state index in [9.17, 15) is 8.78 Å². The highest BCUT2D eigenvalue weighted by molar-refractivity contribution is 7.99. The molecule has 2 nitrogen and oxygen atoms in total. The third-order valence-electron chi connectivity index (χ3n) is 4.37. The van der Waals surface area contributed by atoms with Crippen LogP contribution in [0, 0.1) is 5.41 Å². The molecular formula is C12H22F2N2S. The quantitative estimate of drug-likeness (QED) is 0.847. The van der Waals surface area contributed by atoms with Crippen LogP contribution in [-0.2, 0) is 0 Å². The predicted molar refractivity (Wildman–Crippen MR) is 68.6 cm³/mol.